The number of carbonyl (C=O) groups is 1. The fraction of sp³-hybridized carbons (Fsp3) is 0.917. The average Bonchev–Trinajstić information content (AvgIpc) is 2.84. The second-order valence-corrected chi connectivity index (χ2v) is 6.80. The molecule has 0 radical (unpaired) electrons. The van der Waals surface area contributed by atoms with Gasteiger partial charge in [-0.2, -0.15) is 0 Å². The van der Waals surface area contributed by atoms with Crippen LogP contribution in [0.3, 0.4) is 0 Å². The van der Waals surface area contributed by atoms with Crippen LogP contribution in [0, 0.1) is 0 Å². The number of carbonyl (C=O) groups excluding carboxylic acids is 1. The molecular formula is C12H22N2O3S. The molecular weight excluding hydrogens is 252 g/mol. The van der Waals surface area contributed by atoms with Crippen LogP contribution >= 0.6 is 0 Å². The van der Waals surface area contributed by atoms with Gasteiger partial charge in [-0.05, 0) is 26.3 Å². The van der Waals surface area contributed by atoms with Crippen molar-refractivity contribution in [3.05, 3.63) is 0 Å². The molecule has 104 valence electrons. The highest BCUT2D eigenvalue weighted by Crippen LogP contribution is 2.34. The molecule has 0 amide bonds. The topological polar surface area (TPSA) is 58.6 Å². The summed E-state index contributed by atoms with van der Waals surface area (Å²) in [6.07, 6.45) is 2.62. The predicted octanol–water partition coefficient (Wildman–Crippen LogP) is -0.266. The lowest BCUT2D eigenvalue weighted by molar-refractivity contribution is -0.148. The summed E-state index contributed by atoms with van der Waals surface area (Å²) < 4.78 is 16.3. The van der Waals surface area contributed by atoms with E-state index in [9.17, 15) is 9.00 Å². The third-order valence-corrected chi connectivity index (χ3v) is 5.55. The van der Waals surface area contributed by atoms with Crippen LogP contribution in [0.5, 0.6) is 0 Å². The van der Waals surface area contributed by atoms with Crippen LogP contribution < -0.4 is 5.32 Å². The monoisotopic (exact) mass is 274 g/mol. The molecule has 1 aliphatic heterocycles. The van der Waals surface area contributed by atoms with Gasteiger partial charge in [0.15, 0.2) is 0 Å². The molecule has 0 spiro atoms. The summed E-state index contributed by atoms with van der Waals surface area (Å²) >= 11 is 0. The first kappa shape index (κ1) is 14.0. The zero-order valence-corrected chi connectivity index (χ0v) is 11.9. The Bertz CT molecular complexity index is 340. The molecule has 6 heteroatoms. The lowest BCUT2D eigenvalue weighted by Gasteiger charge is -2.33. The Kier molecular flexibility index (Phi) is 4.40. The molecule has 0 bridgehead atoms. The first-order valence-corrected chi connectivity index (χ1v) is 7.96. The number of hydrogen-bond donors (Lipinski definition) is 1. The Morgan fingerprint density at radius 3 is 2.67 bits per heavy atom. The van der Waals surface area contributed by atoms with E-state index in [-0.39, 0.29) is 5.97 Å². The van der Waals surface area contributed by atoms with Crippen molar-refractivity contribution < 1.29 is 13.7 Å². The maximum atomic E-state index is 11.9. The van der Waals surface area contributed by atoms with E-state index in [1.165, 1.54) is 7.11 Å². The Morgan fingerprint density at radius 1 is 1.44 bits per heavy atom. The first-order valence-electron chi connectivity index (χ1n) is 6.47. The highest BCUT2D eigenvalue weighted by atomic mass is 32.2. The van der Waals surface area contributed by atoms with Gasteiger partial charge in [-0.15, -0.1) is 0 Å². The van der Waals surface area contributed by atoms with Crippen molar-refractivity contribution in [1.82, 2.24) is 10.2 Å². The molecule has 1 N–H and O–H groups in total. The number of rotatable bonds is 3. The zero-order chi connectivity index (χ0) is 13.2. The molecule has 1 heterocycles. The third kappa shape index (κ3) is 2.60. The number of esters is 1. The van der Waals surface area contributed by atoms with Crippen LogP contribution in [-0.4, -0.2) is 65.4 Å². The molecule has 5 nitrogen and oxygen atoms in total. The maximum absolute atomic E-state index is 11.9. The van der Waals surface area contributed by atoms with Crippen molar-refractivity contribution >= 4 is 16.8 Å². The van der Waals surface area contributed by atoms with E-state index in [0.717, 1.165) is 43.9 Å². The van der Waals surface area contributed by atoms with Crippen LogP contribution in [0.25, 0.3) is 0 Å². The Balaban J connectivity index is 1.98. The highest BCUT2D eigenvalue weighted by molar-refractivity contribution is 7.85. The van der Waals surface area contributed by atoms with Gasteiger partial charge in [-0.3, -0.25) is 13.9 Å². The van der Waals surface area contributed by atoms with Crippen molar-refractivity contribution in [2.45, 2.75) is 30.8 Å². The summed E-state index contributed by atoms with van der Waals surface area (Å²) in [4.78, 5) is 14.3. The fourth-order valence-corrected chi connectivity index (χ4v) is 4.14. The van der Waals surface area contributed by atoms with Gasteiger partial charge in [-0.25, -0.2) is 0 Å². The van der Waals surface area contributed by atoms with E-state index < -0.39 is 16.3 Å². The smallest absolute Gasteiger partial charge is 0.326 e. The minimum Gasteiger partial charge on any atom is -0.468 e. The predicted molar refractivity (Wildman–Crippen MR) is 70.9 cm³/mol. The summed E-state index contributed by atoms with van der Waals surface area (Å²) in [6.45, 7) is 1.77. The molecule has 2 fully saturated rings. The summed E-state index contributed by atoms with van der Waals surface area (Å²) in [6, 6.07) is 0.411. The van der Waals surface area contributed by atoms with Crippen molar-refractivity contribution in [1.29, 1.82) is 0 Å². The molecule has 1 aliphatic carbocycles. The Labute approximate surface area is 111 Å². The molecule has 2 unspecified atom stereocenters. The molecule has 1 saturated carbocycles. The maximum Gasteiger partial charge on any atom is 0.326 e. The molecule has 1 saturated heterocycles. The molecule has 18 heavy (non-hydrogen) atoms. The van der Waals surface area contributed by atoms with E-state index in [1.807, 2.05) is 7.05 Å². The van der Waals surface area contributed by atoms with E-state index in [4.69, 9.17) is 4.74 Å². The summed E-state index contributed by atoms with van der Waals surface area (Å²) in [5.74, 6) is 1.37. The molecule has 0 aromatic carbocycles. The number of methoxy groups -OCH3 is 1. The molecule has 2 atom stereocenters. The lowest BCUT2D eigenvalue weighted by atomic mass is 9.97. The van der Waals surface area contributed by atoms with Crippen molar-refractivity contribution in [3.8, 4) is 0 Å². The van der Waals surface area contributed by atoms with Gasteiger partial charge in [-0.1, -0.05) is 0 Å². The molecule has 2 rings (SSSR count). The van der Waals surface area contributed by atoms with E-state index >= 15 is 0 Å². The Hall–Kier alpha value is -0.460. The molecule has 2 aliphatic rings. The minimum atomic E-state index is -0.641. The fourth-order valence-electron chi connectivity index (χ4n) is 3.06. The van der Waals surface area contributed by atoms with Gasteiger partial charge in [0.05, 0.1) is 7.11 Å². The van der Waals surface area contributed by atoms with Gasteiger partial charge in [0.1, 0.15) is 5.54 Å². The summed E-state index contributed by atoms with van der Waals surface area (Å²) in [7, 11) is 2.63. The second kappa shape index (κ2) is 5.67. The van der Waals surface area contributed by atoms with E-state index in [0.29, 0.717) is 6.04 Å². The van der Waals surface area contributed by atoms with E-state index in [2.05, 4.69) is 10.2 Å². The summed E-state index contributed by atoms with van der Waals surface area (Å²) in [5.41, 5.74) is -0.518. The van der Waals surface area contributed by atoms with Gasteiger partial charge < -0.3 is 10.1 Å². The van der Waals surface area contributed by atoms with Crippen LogP contribution in [-0.2, 0) is 20.3 Å². The number of ether oxygens (including phenoxy) is 1. The number of likely N-dealkylation sites (N-methyl/N-ethyl adjacent to an activating group) is 1. The number of nitrogens with zero attached hydrogens (tertiary/aromatic N) is 1. The van der Waals surface area contributed by atoms with Gasteiger partial charge in [0.25, 0.3) is 0 Å². The van der Waals surface area contributed by atoms with Crippen molar-refractivity contribution in [3.63, 3.8) is 0 Å². The number of hydrogen-bond acceptors (Lipinski definition) is 5. The van der Waals surface area contributed by atoms with Gasteiger partial charge >= 0.3 is 5.97 Å². The van der Waals surface area contributed by atoms with Crippen LogP contribution in [0.1, 0.15) is 19.3 Å². The minimum absolute atomic E-state index is 0.159. The third-order valence-electron chi connectivity index (χ3n) is 4.27. The first-order chi connectivity index (χ1) is 8.61. The van der Waals surface area contributed by atoms with Gasteiger partial charge in [0.2, 0.25) is 0 Å². The lowest BCUT2D eigenvalue weighted by Crippen LogP contribution is -2.51. The van der Waals surface area contributed by atoms with E-state index in [1.54, 1.807) is 0 Å². The van der Waals surface area contributed by atoms with Crippen LogP contribution in [0.15, 0.2) is 0 Å². The largest absolute Gasteiger partial charge is 0.468 e. The average molecular weight is 274 g/mol. The molecule has 0 aromatic rings. The van der Waals surface area contributed by atoms with Crippen molar-refractivity contribution in [2.24, 2.45) is 0 Å². The van der Waals surface area contributed by atoms with Crippen molar-refractivity contribution in [2.75, 3.05) is 38.8 Å². The second-order valence-electron chi connectivity index (χ2n) is 5.10. The summed E-state index contributed by atoms with van der Waals surface area (Å²) in [5, 5.41) is 3.14. The quantitative estimate of drug-likeness (QED) is 0.718. The SMILES string of the molecule is CNC1(C(=O)OC)CCC(N2CCS(=O)CC2)C1. The molecule has 0 aromatic heterocycles. The Morgan fingerprint density at radius 2 is 2.11 bits per heavy atom. The van der Waals surface area contributed by atoms with Gasteiger partial charge in [0, 0.05) is 41.4 Å². The zero-order valence-electron chi connectivity index (χ0n) is 11.1. The van der Waals surface area contributed by atoms with Crippen LogP contribution in [0.4, 0.5) is 0 Å². The highest BCUT2D eigenvalue weighted by Gasteiger charge is 2.46. The van der Waals surface area contributed by atoms with Crippen LogP contribution in [0.2, 0.25) is 0 Å². The standard InChI is InChI=1S/C12H22N2O3S/c1-13-12(11(15)17-2)4-3-10(9-12)14-5-7-18(16)8-6-14/h10,13H,3-9H2,1-2H3. The normalized spacial score (nSPS) is 34.7. The number of nitrogens with one attached hydrogen (secondary N) is 1.